The minimum absolute atomic E-state index is 0.203. The molecule has 1 N–H and O–H groups in total. The van der Waals surface area contributed by atoms with E-state index in [-0.39, 0.29) is 11.9 Å². The monoisotopic (exact) mass is 243 g/mol. The Labute approximate surface area is 104 Å². The van der Waals surface area contributed by atoms with Crippen LogP contribution in [0.15, 0.2) is 0 Å². The van der Waals surface area contributed by atoms with Gasteiger partial charge in [0.1, 0.15) is 0 Å². The summed E-state index contributed by atoms with van der Waals surface area (Å²) < 4.78 is 17.6. The number of likely N-dealkylation sites (N-methyl/N-ethyl adjacent to an activating group) is 1. The summed E-state index contributed by atoms with van der Waals surface area (Å²) in [4.78, 5) is 0. The molecule has 4 heteroatoms. The summed E-state index contributed by atoms with van der Waals surface area (Å²) >= 11 is 0. The first-order valence-corrected chi connectivity index (χ1v) is 6.72. The van der Waals surface area contributed by atoms with Gasteiger partial charge in [-0.25, -0.2) is 0 Å². The fraction of sp³-hybridized carbons (Fsp3) is 1.00. The van der Waals surface area contributed by atoms with Crippen molar-refractivity contribution in [3.05, 3.63) is 0 Å². The van der Waals surface area contributed by atoms with Crippen LogP contribution in [0.3, 0.4) is 0 Å². The zero-order chi connectivity index (χ0) is 12.3. The van der Waals surface area contributed by atoms with E-state index in [2.05, 4.69) is 19.2 Å². The van der Waals surface area contributed by atoms with Crippen LogP contribution in [0.4, 0.5) is 0 Å². The smallest absolute Gasteiger partial charge is 0.171 e. The van der Waals surface area contributed by atoms with E-state index in [1.165, 1.54) is 0 Å². The number of hydrogen-bond acceptors (Lipinski definition) is 4. The molecule has 2 rings (SSSR count). The van der Waals surface area contributed by atoms with Gasteiger partial charge in [0.05, 0.1) is 19.3 Å². The molecular weight excluding hydrogens is 218 g/mol. The molecule has 2 unspecified atom stereocenters. The summed E-state index contributed by atoms with van der Waals surface area (Å²) in [6.07, 6.45) is 3.08. The van der Waals surface area contributed by atoms with Crippen LogP contribution >= 0.6 is 0 Å². The van der Waals surface area contributed by atoms with Gasteiger partial charge in [-0.3, -0.25) is 0 Å². The van der Waals surface area contributed by atoms with Crippen LogP contribution in [0, 0.1) is 5.92 Å². The first-order valence-electron chi connectivity index (χ1n) is 6.72. The second-order valence-electron chi connectivity index (χ2n) is 5.51. The van der Waals surface area contributed by atoms with Gasteiger partial charge >= 0.3 is 0 Å². The van der Waals surface area contributed by atoms with Gasteiger partial charge < -0.3 is 19.5 Å². The fourth-order valence-corrected chi connectivity index (χ4v) is 2.69. The third-order valence-corrected chi connectivity index (χ3v) is 3.63. The molecule has 1 saturated carbocycles. The molecular formula is C13H25NO3. The lowest BCUT2D eigenvalue weighted by atomic mass is 9.87. The van der Waals surface area contributed by atoms with Crippen molar-refractivity contribution >= 4 is 0 Å². The summed E-state index contributed by atoms with van der Waals surface area (Å²) in [7, 11) is 2.00. The van der Waals surface area contributed by atoms with E-state index in [4.69, 9.17) is 14.2 Å². The Morgan fingerprint density at radius 3 is 2.65 bits per heavy atom. The van der Waals surface area contributed by atoms with Crippen molar-refractivity contribution < 1.29 is 14.2 Å². The van der Waals surface area contributed by atoms with E-state index in [1.54, 1.807) is 0 Å². The lowest BCUT2D eigenvalue weighted by Crippen LogP contribution is -2.51. The molecule has 0 radical (unpaired) electrons. The molecule has 0 amide bonds. The van der Waals surface area contributed by atoms with Gasteiger partial charge in [-0.05, 0) is 19.4 Å². The highest BCUT2D eigenvalue weighted by atomic mass is 16.7. The van der Waals surface area contributed by atoms with Crippen molar-refractivity contribution in [1.82, 2.24) is 5.32 Å². The second kappa shape index (κ2) is 5.65. The zero-order valence-electron chi connectivity index (χ0n) is 11.2. The Bertz CT molecular complexity index is 239. The summed E-state index contributed by atoms with van der Waals surface area (Å²) in [5.41, 5.74) is 0. The quantitative estimate of drug-likeness (QED) is 0.813. The largest absolute Gasteiger partial charge is 0.376 e. The highest BCUT2D eigenvalue weighted by Gasteiger charge is 2.45. The molecule has 0 aromatic heterocycles. The molecule has 4 nitrogen and oxygen atoms in total. The summed E-state index contributed by atoms with van der Waals surface area (Å²) in [5.74, 6) is 0.213. The van der Waals surface area contributed by atoms with Crippen molar-refractivity contribution in [3.8, 4) is 0 Å². The molecule has 1 saturated heterocycles. The standard InChI is InChI=1S/C13H25NO3/c1-10(2)9-15-12-8-13(16-6-7-17-13)5-4-11(12)14-3/h10-12,14H,4-9H2,1-3H3. The molecule has 2 fully saturated rings. The van der Waals surface area contributed by atoms with Crippen molar-refractivity contribution in [2.24, 2.45) is 5.92 Å². The topological polar surface area (TPSA) is 39.7 Å². The van der Waals surface area contributed by atoms with Gasteiger partial charge in [-0.15, -0.1) is 0 Å². The summed E-state index contributed by atoms with van der Waals surface area (Å²) in [6, 6.07) is 0.423. The third kappa shape index (κ3) is 3.19. The van der Waals surface area contributed by atoms with Crippen molar-refractivity contribution in [3.63, 3.8) is 0 Å². The van der Waals surface area contributed by atoms with Gasteiger partial charge in [-0.2, -0.15) is 0 Å². The molecule has 1 spiro atoms. The van der Waals surface area contributed by atoms with E-state index in [9.17, 15) is 0 Å². The average Bonchev–Trinajstić information content (AvgIpc) is 2.75. The zero-order valence-corrected chi connectivity index (χ0v) is 11.2. The molecule has 1 heterocycles. The van der Waals surface area contributed by atoms with Crippen LogP contribution < -0.4 is 5.32 Å². The highest BCUT2D eigenvalue weighted by Crippen LogP contribution is 2.37. The molecule has 0 aromatic carbocycles. The van der Waals surface area contributed by atoms with Crippen molar-refractivity contribution in [2.75, 3.05) is 26.9 Å². The molecule has 1 aliphatic heterocycles. The molecule has 17 heavy (non-hydrogen) atoms. The maximum absolute atomic E-state index is 6.01. The number of ether oxygens (including phenoxy) is 3. The molecule has 2 aliphatic rings. The van der Waals surface area contributed by atoms with Gasteiger partial charge in [0.25, 0.3) is 0 Å². The molecule has 0 aromatic rings. The number of hydrogen-bond donors (Lipinski definition) is 1. The second-order valence-corrected chi connectivity index (χ2v) is 5.51. The van der Waals surface area contributed by atoms with E-state index in [1.807, 2.05) is 7.05 Å². The molecule has 2 atom stereocenters. The average molecular weight is 243 g/mol. The SMILES string of the molecule is CNC1CCC2(CC1OCC(C)C)OCCO2. The highest BCUT2D eigenvalue weighted by molar-refractivity contribution is 4.91. The van der Waals surface area contributed by atoms with Gasteiger partial charge in [0.2, 0.25) is 0 Å². The van der Waals surface area contributed by atoms with E-state index in [0.717, 1.165) is 39.1 Å². The maximum atomic E-state index is 6.01. The van der Waals surface area contributed by atoms with Crippen LogP contribution in [0.25, 0.3) is 0 Å². The predicted octanol–water partition coefficient (Wildman–Crippen LogP) is 1.54. The van der Waals surface area contributed by atoms with E-state index in [0.29, 0.717) is 12.0 Å². The minimum atomic E-state index is -0.352. The van der Waals surface area contributed by atoms with E-state index < -0.39 is 0 Å². The lowest BCUT2D eigenvalue weighted by molar-refractivity contribution is -0.207. The Kier molecular flexibility index (Phi) is 4.42. The summed E-state index contributed by atoms with van der Waals surface area (Å²) in [6.45, 7) is 6.60. The third-order valence-electron chi connectivity index (χ3n) is 3.63. The van der Waals surface area contributed by atoms with Gasteiger partial charge in [0.15, 0.2) is 5.79 Å². The van der Waals surface area contributed by atoms with E-state index >= 15 is 0 Å². The first-order chi connectivity index (χ1) is 8.15. The van der Waals surface area contributed by atoms with Crippen molar-refractivity contribution in [1.29, 1.82) is 0 Å². The van der Waals surface area contributed by atoms with Crippen molar-refractivity contribution in [2.45, 2.75) is 51.0 Å². The predicted molar refractivity (Wildman–Crippen MR) is 65.9 cm³/mol. The number of nitrogens with one attached hydrogen (secondary N) is 1. The van der Waals surface area contributed by atoms with Crippen LogP contribution in [0.1, 0.15) is 33.1 Å². The minimum Gasteiger partial charge on any atom is -0.376 e. The fourth-order valence-electron chi connectivity index (χ4n) is 2.69. The van der Waals surface area contributed by atoms with Gasteiger partial charge in [-0.1, -0.05) is 13.8 Å². The Morgan fingerprint density at radius 1 is 1.35 bits per heavy atom. The normalized spacial score (nSPS) is 32.5. The van der Waals surface area contributed by atoms with Gasteiger partial charge in [0, 0.05) is 25.5 Å². The Balaban J connectivity index is 1.93. The lowest BCUT2D eigenvalue weighted by Gasteiger charge is -2.41. The Morgan fingerprint density at radius 2 is 2.06 bits per heavy atom. The maximum Gasteiger partial charge on any atom is 0.171 e. The Hall–Kier alpha value is -0.160. The van der Waals surface area contributed by atoms with Crippen LogP contribution in [0.5, 0.6) is 0 Å². The van der Waals surface area contributed by atoms with Crippen LogP contribution in [-0.2, 0) is 14.2 Å². The first kappa shape index (κ1) is 13.3. The molecule has 100 valence electrons. The number of rotatable bonds is 4. The summed E-state index contributed by atoms with van der Waals surface area (Å²) in [5, 5.41) is 3.35. The van der Waals surface area contributed by atoms with Crippen LogP contribution in [-0.4, -0.2) is 44.8 Å². The molecule has 1 aliphatic carbocycles. The molecule has 0 bridgehead atoms. The van der Waals surface area contributed by atoms with Crippen LogP contribution in [0.2, 0.25) is 0 Å².